The van der Waals surface area contributed by atoms with Gasteiger partial charge in [-0.05, 0) is 40.8 Å². The lowest BCUT2D eigenvalue weighted by atomic mass is 10.0. The maximum absolute atomic E-state index is 10.9. The lowest BCUT2D eigenvalue weighted by Gasteiger charge is -2.32. The molecule has 0 saturated carbocycles. The van der Waals surface area contributed by atoms with Crippen molar-refractivity contribution in [3.8, 4) is 0 Å². The Morgan fingerprint density at radius 1 is 1.33 bits per heavy atom. The Hall–Kier alpha value is -2.45. The maximum Gasteiger partial charge on any atom is 0.269 e. The Kier molecular flexibility index (Phi) is 6.78. The van der Waals surface area contributed by atoms with Gasteiger partial charge >= 0.3 is 0 Å². The van der Waals surface area contributed by atoms with Gasteiger partial charge in [0.2, 0.25) is 0 Å². The number of non-ortho nitro benzene ring substituents is 1. The number of rotatable bonds is 6. The van der Waals surface area contributed by atoms with E-state index in [0.717, 1.165) is 44.0 Å². The fourth-order valence-electron chi connectivity index (χ4n) is 3.23. The summed E-state index contributed by atoms with van der Waals surface area (Å²) in [5.41, 5.74) is 2.36. The Labute approximate surface area is 163 Å². The molecule has 27 heavy (non-hydrogen) atoms. The molecule has 1 aromatic heterocycles. The van der Waals surface area contributed by atoms with Crippen LogP contribution < -0.4 is 10.6 Å². The SMILES string of the molecule is CN=C(NCc1cccc([N+](=O)[O-])c1)NC1CCN(Cc2ccsc2)CC1. The molecule has 0 amide bonds. The number of nitrogens with one attached hydrogen (secondary N) is 2. The van der Waals surface area contributed by atoms with E-state index in [0.29, 0.717) is 12.6 Å². The van der Waals surface area contributed by atoms with Gasteiger partial charge in [0.1, 0.15) is 0 Å². The monoisotopic (exact) mass is 387 g/mol. The van der Waals surface area contributed by atoms with Crippen LogP contribution in [0.2, 0.25) is 0 Å². The van der Waals surface area contributed by atoms with Gasteiger partial charge < -0.3 is 10.6 Å². The number of hydrogen-bond donors (Lipinski definition) is 2. The van der Waals surface area contributed by atoms with E-state index in [1.54, 1.807) is 30.5 Å². The molecule has 0 spiro atoms. The number of benzene rings is 1. The lowest BCUT2D eigenvalue weighted by Crippen LogP contribution is -2.48. The molecule has 1 aromatic carbocycles. The Bertz CT molecular complexity index is 770. The van der Waals surface area contributed by atoms with E-state index < -0.39 is 0 Å². The number of nitrogens with zero attached hydrogens (tertiary/aromatic N) is 3. The summed E-state index contributed by atoms with van der Waals surface area (Å²) in [5.74, 6) is 0.734. The summed E-state index contributed by atoms with van der Waals surface area (Å²) < 4.78 is 0. The highest BCUT2D eigenvalue weighted by atomic mass is 32.1. The summed E-state index contributed by atoms with van der Waals surface area (Å²) in [7, 11) is 1.74. The van der Waals surface area contributed by atoms with Crippen LogP contribution in [0.1, 0.15) is 24.0 Å². The highest BCUT2D eigenvalue weighted by Crippen LogP contribution is 2.16. The number of aliphatic imine (C=N–C) groups is 1. The largest absolute Gasteiger partial charge is 0.354 e. The topological polar surface area (TPSA) is 82.8 Å². The average molecular weight is 388 g/mol. The zero-order valence-electron chi connectivity index (χ0n) is 15.4. The summed E-state index contributed by atoms with van der Waals surface area (Å²) >= 11 is 1.75. The molecule has 8 heteroatoms. The van der Waals surface area contributed by atoms with Crippen LogP contribution in [0.5, 0.6) is 0 Å². The van der Waals surface area contributed by atoms with E-state index in [1.165, 1.54) is 11.6 Å². The van der Waals surface area contributed by atoms with Crippen LogP contribution in [0.25, 0.3) is 0 Å². The van der Waals surface area contributed by atoms with Gasteiger partial charge in [-0.3, -0.25) is 20.0 Å². The van der Waals surface area contributed by atoms with E-state index in [-0.39, 0.29) is 10.6 Å². The number of nitro benzene ring substituents is 1. The summed E-state index contributed by atoms with van der Waals surface area (Å²) in [6.45, 7) is 3.65. The van der Waals surface area contributed by atoms with Crippen molar-refractivity contribution in [3.05, 3.63) is 62.3 Å². The molecular formula is C19H25N5O2S. The fraction of sp³-hybridized carbons (Fsp3) is 0.421. The third kappa shape index (κ3) is 5.77. The molecule has 1 fully saturated rings. The van der Waals surface area contributed by atoms with E-state index in [2.05, 4.69) is 37.4 Å². The van der Waals surface area contributed by atoms with Crippen molar-refractivity contribution in [2.75, 3.05) is 20.1 Å². The van der Waals surface area contributed by atoms with Crippen LogP contribution >= 0.6 is 11.3 Å². The van der Waals surface area contributed by atoms with Gasteiger partial charge in [0.05, 0.1) is 4.92 Å². The molecule has 7 nitrogen and oxygen atoms in total. The molecule has 1 saturated heterocycles. The van der Waals surface area contributed by atoms with Crippen molar-refractivity contribution in [1.29, 1.82) is 0 Å². The Balaban J connectivity index is 1.44. The van der Waals surface area contributed by atoms with Crippen LogP contribution in [0, 0.1) is 10.1 Å². The van der Waals surface area contributed by atoms with Gasteiger partial charge in [0.25, 0.3) is 5.69 Å². The minimum atomic E-state index is -0.375. The van der Waals surface area contributed by atoms with Crippen molar-refractivity contribution in [3.63, 3.8) is 0 Å². The van der Waals surface area contributed by atoms with Gasteiger partial charge in [-0.25, -0.2) is 0 Å². The zero-order chi connectivity index (χ0) is 19.1. The molecule has 2 heterocycles. The standard InChI is InChI=1S/C19H25N5O2S/c1-20-19(21-12-15-3-2-4-18(11-15)24(25)26)22-17-5-8-23(9-6-17)13-16-7-10-27-14-16/h2-4,7,10-11,14,17H,5-6,8-9,12-13H2,1H3,(H2,20,21,22). The molecule has 0 bridgehead atoms. The Morgan fingerprint density at radius 3 is 2.81 bits per heavy atom. The number of guanidine groups is 1. The van der Waals surface area contributed by atoms with E-state index in [9.17, 15) is 10.1 Å². The van der Waals surface area contributed by atoms with E-state index >= 15 is 0 Å². The van der Waals surface area contributed by atoms with Crippen molar-refractivity contribution < 1.29 is 4.92 Å². The van der Waals surface area contributed by atoms with Crippen LogP contribution in [0.3, 0.4) is 0 Å². The molecule has 2 N–H and O–H groups in total. The predicted molar refractivity (Wildman–Crippen MR) is 109 cm³/mol. The minimum Gasteiger partial charge on any atom is -0.354 e. The number of thiophene rings is 1. The fourth-order valence-corrected chi connectivity index (χ4v) is 3.89. The molecule has 1 aliphatic heterocycles. The maximum atomic E-state index is 10.9. The number of likely N-dealkylation sites (tertiary alicyclic amines) is 1. The second-order valence-electron chi connectivity index (χ2n) is 6.68. The van der Waals surface area contributed by atoms with E-state index in [4.69, 9.17) is 0 Å². The number of nitro groups is 1. The average Bonchev–Trinajstić information content (AvgIpc) is 3.19. The van der Waals surface area contributed by atoms with Gasteiger partial charge in [0.15, 0.2) is 5.96 Å². The summed E-state index contributed by atoms with van der Waals surface area (Å²) in [5, 5.41) is 21.9. The first kappa shape index (κ1) is 19.3. The third-order valence-corrected chi connectivity index (χ3v) is 5.45. The minimum absolute atomic E-state index is 0.107. The number of piperidine rings is 1. The van der Waals surface area contributed by atoms with Gasteiger partial charge in [-0.2, -0.15) is 11.3 Å². The van der Waals surface area contributed by atoms with Crippen LogP contribution in [-0.2, 0) is 13.1 Å². The Morgan fingerprint density at radius 2 is 2.15 bits per heavy atom. The van der Waals surface area contributed by atoms with E-state index in [1.807, 2.05) is 6.07 Å². The third-order valence-electron chi connectivity index (χ3n) is 4.72. The predicted octanol–water partition coefficient (Wildman–Crippen LogP) is 2.99. The molecule has 0 radical (unpaired) electrons. The molecule has 3 rings (SSSR count). The first-order valence-corrected chi connectivity index (χ1v) is 10.0. The van der Waals surface area contributed by atoms with Crippen molar-refractivity contribution >= 4 is 23.0 Å². The van der Waals surface area contributed by atoms with Crippen LogP contribution in [-0.4, -0.2) is 42.0 Å². The quantitative estimate of drug-likeness (QED) is 0.345. The highest BCUT2D eigenvalue weighted by Gasteiger charge is 2.20. The molecule has 0 atom stereocenters. The van der Waals surface area contributed by atoms with Gasteiger partial charge in [0, 0.05) is 51.4 Å². The lowest BCUT2D eigenvalue weighted by molar-refractivity contribution is -0.384. The first-order valence-electron chi connectivity index (χ1n) is 9.08. The smallest absolute Gasteiger partial charge is 0.269 e. The second kappa shape index (κ2) is 9.48. The summed E-state index contributed by atoms with van der Waals surface area (Å²) in [6, 6.07) is 9.24. The second-order valence-corrected chi connectivity index (χ2v) is 7.46. The summed E-state index contributed by atoms with van der Waals surface area (Å²) in [6.07, 6.45) is 2.14. The van der Waals surface area contributed by atoms with Gasteiger partial charge in [-0.15, -0.1) is 0 Å². The van der Waals surface area contributed by atoms with Crippen molar-refractivity contribution in [2.45, 2.75) is 32.0 Å². The molecular weight excluding hydrogens is 362 g/mol. The molecule has 1 aliphatic rings. The van der Waals surface area contributed by atoms with Gasteiger partial charge in [-0.1, -0.05) is 12.1 Å². The molecule has 0 aliphatic carbocycles. The van der Waals surface area contributed by atoms with Crippen molar-refractivity contribution in [1.82, 2.24) is 15.5 Å². The van der Waals surface area contributed by atoms with Crippen LogP contribution in [0.4, 0.5) is 5.69 Å². The molecule has 144 valence electrons. The zero-order valence-corrected chi connectivity index (χ0v) is 16.2. The number of hydrogen-bond acceptors (Lipinski definition) is 5. The first-order chi connectivity index (χ1) is 13.1. The molecule has 2 aromatic rings. The van der Waals surface area contributed by atoms with Crippen LogP contribution in [0.15, 0.2) is 46.1 Å². The molecule has 0 unspecified atom stereocenters. The summed E-state index contributed by atoms with van der Waals surface area (Å²) in [4.78, 5) is 17.3. The highest BCUT2D eigenvalue weighted by molar-refractivity contribution is 7.07. The van der Waals surface area contributed by atoms with Crippen molar-refractivity contribution in [2.24, 2.45) is 4.99 Å². The normalized spacial score (nSPS) is 16.3.